The molecule has 0 radical (unpaired) electrons. The Hall–Kier alpha value is -1.23. The first-order valence-electron chi connectivity index (χ1n) is 7.46. The molecule has 1 aromatic heterocycles. The minimum Gasteiger partial charge on any atom is -0.369 e. The molecule has 1 amide bonds. The number of likely N-dealkylation sites (tertiary alicyclic amines) is 1. The van der Waals surface area contributed by atoms with Crippen LogP contribution in [0.15, 0.2) is 6.07 Å². The van der Waals surface area contributed by atoms with Crippen LogP contribution in [0.4, 0.5) is 13.2 Å². The smallest absolute Gasteiger partial charge is 0.369 e. The SMILES string of the molecule is C#C[C@@H]1C[C@]2(C[C@H](C)N1C(=O)C(F)(F)F)OCCc1cc(Cl)sc12. The second-order valence-corrected chi connectivity index (χ2v) is 7.83. The number of carbonyl (C=O) groups excluding carboxylic acids is 1. The molecule has 130 valence electrons. The van der Waals surface area contributed by atoms with Crippen LogP contribution in [0.25, 0.3) is 0 Å². The maximum atomic E-state index is 12.9. The third kappa shape index (κ3) is 2.81. The minimum absolute atomic E-state index is 0.138. The molecule has 1 aromatic rings. The van der Waals surface area contributed by atoms with Gasteiger partial charge in [-0.2, -0.15) is 13.2 Å². The van der Waals surface area contributed by atoms with Gasteiger partial charge in [0.1, 0.15) is 5.60 Å². The lowest BCUT2D eigenvalue weighted by Gasteiger charge is -2.49. The molecule has 24 heavy (non-hydrogen) atoms. The highest BCUT2D eigenvalue weighted by atomic mass is 35.5. The molecule has 3 atom stereocenters. The van der Waals surface area contributed by atoms with E-state index in [2.05, 4.69) is 5.92 Å². The highest BCUT2D eigenvalue weighted by molar-refractivity contribution is 7.16. The Morgan fingerprint density at radius 1 is 1.54 bits per heavy atom. The number of piperidine rings is 1. The summed E-state index contributed by atoms with van der Waals surface area (Å²) in [6, 6.07) is 0.199. The van der Waals surface area contributed by atoms with Gasteiger partial charge in [-0.3, -0.25) is 4.79 Å². The molecule has 0 bridgehead atoms. The van der Waals surface area contributed by atoms with Crippen molar-refractivity contribution < 1.29 is 22.7 Å². The Morgan fingerprint density at radius 3 is 2.88 bits per heavy atom. The Balaban J connectivity index is 1.98. The van der Waals surface area contributed by atoms with Gasteiger partial charge in [0.05, 0.1) is 17.0 Å². The van der Waals surface area contributed by atoms with Crippen molar-refractivity contribution >= 4 is 28.8 Å². The van der Waals surface area contributed by atoms with Gasteiger partial charge in [0.15, 0.2) is 0 Å². The van der Waals surface area contributed by atoms with E-state index < -0.39 is 29.8 Å². The molecule has 0 N–H and O–H groups in total. The topological polar surface area (TPSA) is 29.5 Å². The van der Waals surface area contributed by atoms with Crippen molar-refractivity contribution in [2.24, 2.45) is 0 Å². The van der Waals surface area contributed by atoms with E-state index in [-0.39, 0.29) is 12.8 Å². The van der Waals surface area contributed by atoms with Crippen LogP contribution >= 0.6 is 22.9 Å². The molecule has 8 heteroatoms. The first kappa shape index (κ1) is 17.6. The molecule has 3 nitrogen and oxygen atoms in total. The number of hydrogen-bond acceptors (Lipinski definition) is 3. The standard InChI is InChI=1S/C16H15ClF3NO2S/c1-3-11-8-15(7-9(2)21(11)14(22)16(18,19)20)13-10(4-5-23-15)6-12(17)24-13/h1,6,9,11H,4-5,7-8H2,2H3/t9-,11+,15-/m0/s1. The number of halogens is 4. The second-order valence-electron chi connectivity index (χ2n) is 6.15. The first-order valence-corrected chi connectivity index (χ1v) is 8.65. The second kappa shape index (κ2) is 5.94. The van der Waals surface area contributed by atoms with E-state index in [1.807, 2.05) is 6.07 Å². The van der Waals surface area contributed by atoms with E-state index in [1.54, 1.807) is 6.92 Å². The molecule has 0 aliphatic carbocycles. The van der Waals surface area contributed by atoms with Gasteiger partial charge in [-0.1, -0.05) is 17.5 Å². The molecule has 3 rings (SSSR count). The van der Waals surface area contributed by atoms with Crippen LogP contribution in [0.1, 0.15) is 30.2 Å². The summed E-state index contributed by atoms with van der Waals surface area (Å²) in [4.78, 5) is 13.4. The number of alkyl halides is 3. The summed E-state index contributed by atoms with van der Waals surface area (Å²) in [7, 11) is 0. The summed E-state index contributed by atoms with van der Waals surface area (Å²) in [5.41, 5.74) is 0.277. The van der Waals surface area contributed by atoms with E-state index >= 15 is 0 Å². The molecular formula is C16H15ClF3NO2S. The van der Waals surface area contributed by atoms with E-state index in [0.29, 0.717) is 17.4 Å². The average molecular weight is 378 g/mol. The Kier molecular flexibility index (Phi) is 4.35. The third-order valence-corrected chi connectivity index (χ3v) is 6.06. The lowest BCUT2D eigenvalue weighted by atomic mass is 9.78. The largest absolute Gasteiger partial charge is 0.471 e. The van der Waals surface area contributed by atoms with E-state index in [4.69, 9.17) is 22.8 Å². The molecular weight excluding hydrogens is 363 g/mol. The Morgan fingerprint density at radius 2 is 2.25 bits per heavy atom. The highest BCUT2D eigenvalue weighted by Crippen LogP contribution is 2.49. The van der Waals surface area contributed by atoms with Crippen LogP contribution in [0, 0.1) is 12.3 Å². The van der Waals surface area contributed by atoms with Crippen LogP contribution in [-0.4, -0.2) is 35.7 Å². The van der Waals surface area contributed by atoms with Gasteiger partial charge in [0, 0.05) is 23.8 Å². The normalized spacial score (nSPS) is 30.1. The monoisotopic (exact) mass is 377 g/mol. The van der Waals surface area contributed by atoms with Crippen LogP contribution < -0.4 is 0 Å². The quantitative estimate of drug-likeness (QED) is 0.644. The maximum absolute atomic E-state index is 12.9. The summed E-state index contributed by atoms with van der Waals surface area (Å²) in [6.07, 6.45) is 1.62. The third-order valence-electron chi connectivity index (χ3n) is 4.57. The number of amides is 1. The van der Waals surface area contributed by atoms with Crippen molar-refractivity contribution in [3.8, 4) is 12.3 Å². The molecule has 2 aliphatic heterocycles. The number of hydrogen-bond donors (Lipinski definition) is 0. The fraction of sp³-hybridized carbons (Fsp3) is 0.562. The van der Waals surface area contributed by atoms with E-state index in [0.717, 1.165) is 15.3 Å². The number of nitrogens with zero attached hydrogens (tertiary/aromatic N) is 1. The zero-order chi connectivity index (χ0) is 17.7. The van der Waals surface area contributed by atoms with Crippen molar-refractivity contribution in [2.45, 2.75) is 50.0 Å². The number of terminal acetylenes is 1. The number of ether oxygens (including phenoxy) is 1. The van der Waals surface area contributed by atoms with Gasteiger partial charge in [-0.15, -0.1) is 17.8 Å². The van der Waals surface area contributed by atoms with Crippen molar-refractivity contribution in [1.29, 1.82) is 0 Å². The summed E-state index contributed by atoms with van der Waals surface area (Å²) < 4.78 is 45.3. The Bertz CT molecular complexity index is 711. The van der Waals surface area contributed by atoms with Gasteiger partial charge < -0.3 is 9.64 Å². The number of thiophene rings is 1. The Labute approximate surface area is 146 Å². The van der Waals surface area contributed by atoms with Crippen molar-refractivity contribution in [1.82, 2.24) is 4.90 Å². The summed E-state index contributed by atoms with van der Waals surface area (Å²) in [5.74, 6) is 0.448. The minimum atomic E-state index is -4.95. The molecule has 0 saturated carbocycles. The molecule has 1 spiro atoms. The van der Waals surface area contributed by atoms with E-state index in [9.17, 15) is 18.0 Å². The maximum Gasteiger partial charge on any atom is 0.471 e. The molecule has 0 aromatic carbocycles. The van der Waals surface area contributed by atoms with E-state index in [1.165, 1.54) is 11.3 Å². The van der Waals surface area contributed by atoms with Crippen LogP contribution in [0.2, 0.25) is 4.34 Å². The molecule has 0 unspecified atom stereocenters. The van der Waals surface area contributed by atoms with Crippen molar-refractivity contribution in [3.63, 3.8) is 0 Å². The van der Waals surface area contributed by atoms with Gasteiger partial charge >= 0.3 is 12.1 Å². The summed E-state index contributed by atoms with van der Waals surface area (Å²) in [5, 5.41) is 0. The zero-order valence-electron chi connectivity index (χ0n) is 12.8. The summed E-state index contributed by atoms with van der Waals surface area (Å²) >= 11 is 7.48. The fourth-order valence-corrected chi connectivity index (χ4v) is 5.16. The number of fused-ring (bicyclic) bond motifs is 2. The number of carbonyl (C=O) groups is 1. The predicted octanol–water partition coefficient (Wildman–Crippen LogP) is 3.74. The van der Waals surface area contributed by atoms with Crippen molar-refractivity contribution in [3.05, 3.63) is 20.8 Å². The van der Waals surface area contributed by atoms with Gasteiger partial charge in [-0.05, 0) is 25.0 Å². The van der Waals surface area contributed by atoms with Crippen LogP contribution in [-0.2, 0) is 21.6 Å². The van der Waals surface area contributed by atoms with Crippen LogP contribution in [0.3, 0.4) is 0 Å². The molecule has 2 aliphatic rings. The fourth-order valence-electron chi connectivity index (χ4n) is 3.70. The first-order chi connectivity index (χ1) is 11.2. The molecule has 3 heterocycles. The molecule has 1 saturated heterocycles. The predicted molar refractivity (Wildman–Crippen MR) is 84.9 cm³/mol. The van der Waals surface area contributed by atoms with Gasteiger partial charge in [0.25, 0.3) is 0 Å². The van der Waals surface area contributed by atoms with Crippen LogP contribution in [0.5, 0.6) is 0 Å². The molecule has 1 fully saturated rings. The summed E-state index contributed by atoms with van der Waals surface area (Å²) in [6.45, 7) is 2.03. The highest BCUT2D eigenvalue weighted by Gasteiger charge is 2.54. The lowest BCUT2D eigenvalue weighted by molar-refractivity contribution is -0.197. The average Bonchev–Trinajstić information content (AvgIpc) is 2.87. The zero-order valence-corrected chi connectivity index (χ0v) is 14.4. The number of rotatable bonds is 0. The lowest BCUT2D eigenvalue weighted by Crippen LogP contribution is -2.59. The van der Waals surface area contributed by atoms with Crippen molar-refractivity contribution in [2.75, 3.05) is 6.61 Å². The van der Waals surface area contributed by atoms with Gasteiger partial charge in [-0.25, -0.2) is 0 Å². The van der Waals surface area contributed by atoms with Gasteiger partial charge in [0.2, 0.25) is 0 Å².